The van der Waals surface area contributed by atoms with Crippen LogP contribution in [0.2, 0.25) is 0 Å². The third kappa shape index (κ3) is 3.44. The summed E-state index contributed by atoms with van der Waals surface area (Å²) in [5, 5.41) is 10.2. The minimum absolute atomic E-state index is 0.317. The number of halogens is 3. The predicted octanol–water partition coefficient (Wildman–Crippen LogP) is 4.20. The molecule has 8 heteroatoms. The van der Waals surface area contributed by atoms with Gasteiger partial charge in [0, 0.05) is 23.6 Å². The Kier molecular flexibility index (Phi) is 4.54. The highest BCUT2D eigenvalue weighted by Gasteiger charge is 2.31. The van der Waals surface area contributed by atoms with Crippen molar-refractivity contribution in [1.29, 1.82) is 5.26 Å². The summed E-state index contributed by atoms with van der Waals surface area (Å²) in [6.07, 6.45) is -4.80. The zero-order valence-corrected chi connectivity index (χ0v) is 14.2. The van der Waals surface area contributed by atoms with Gasteiger partial charge in [-0.05, 0) is 36.8 Å². The molecule has 5 nitrogen and oxygen atoms in total. The molecule has 0 saturated carbocycles. The van der Waals surface area contributed by atoms with Crippen molar-refractivity contribution in [2.75, 3.05) is 0 Å². The molecule has 1 heterocycles. The molecule has 0 aliphatic heterocycles. The van der Waals surface area contributed by atoms with Crippen molar-refractivity contribution in [3.8, 4) is 23.1 Å². The number of alkyl halides is 3. The second-order valence-corrected chi connectivity index (χ2v) is 5.75. The van der Waals surface area contributed by atoms with E-state index in [4.69, 9.17) is 5.73 Å². The molecule has 3 aromatic rings. The maximum Gasteiger partial charge on any atom is 0.573 e. The van der Waals surface area contributed by atoms with Crippen molar-refractivity contribution in [3.05, 3.63) is 53.6 Å². The Labute approximate surface area is 152 Å². The molecule has 3 rings (SSSR count). The van der Waals surface area contributed by atoms with Crippen LogP contribution in [0.4, 0.5) is 13.2 Å². The highest BCUT2D eigenvalue weighted by Crippen LogP contribution is 2.36. The second-order valence-electron chi connectivity index (χ2n) is 5.75. The van der Waals surface area contributed by atoms with E-state index < -0.39 is 12.3 Å². The summed E-state index contributed by atoms with van der Waals surface area (Å²) in [6.45, 7) is 2.24. The molecule has 0 spiro atoms. The molecular formula is C19H14F3N3O2. The first-order valence-corrected chi connectivity index (χ1v) is 7.97. The number of hydrogen-bond acceptors (Lipinski definition) is 3. The van der Waals surface area contributed by atoms with Gasteiger partial charge in [0.25, 0.3) is 0 Å². The maximum absolute atomic E-state index is 12.5. The van der Waals surface area contributed by atoms with Crippen molar-refractivity contribution in [2.45, 2.75) is 19.8 Å². The third-order valence-corrected chi connectivity index (χ3v) is 4.14. The molecule has 0 saturated heterocycles. The molecule has 1 aromatic heterocycles. The highest BCUT2D eigenvalue weighted by molar-refractivity contribution is 5.96. The van der Waals surface area contributed by atoms with Crippen LogP contribution in [0.25, 0.3) is 22.2 Å². The number of nitrogens with zero attached hydrogens (tertiary/aromatic N) is 2. The van der Waals surface area contributed by atoms with E-state index in [0.717, 1.165) is 0 Å². The molecule has 0 fully saturated rings. The van der Waals surface area contributed by atoms with Crippen LogP contribution in [0, 0.1) is 11.3 Å². The predicted molar refractivity (Wildman–Crippen MR) is 93.0 cm³/mol. The van der Waals surface area contributed by atoms with Crippen LogP contribution in [0.3, 0.4) is 0 Å². The van der Waals surface area contributed by atoms with Gasteiger partial charge in [0.1, 0.15) is 11.8 Å². The Morgan fingerprint density at radius 3 is 2.41 bits per heavy atom. The first-order valence-electron chi connectivity index (χ1n) is 7.97. The lowest BCUT2D eigenvalue weighted by Crippen LogP contribution is -2.17. The van der Waals surface area contributed by atoms with Crippen LogP contribution >= 0.6 is 0 Å². The van der Waals surface area contributed by atoms with Crippen LogP contribution in [0.5, 0.6) is 5.75 Å². The number of primary amides is 1. The first-order chi connectivity index (χ1) is 12.7. The monoisotopic (exact) mass is 373 g/mol. The Morgan fingerprint density at radius 1 is 1.22 bits per heavy atom. The Morgan fingerprint density at radius 2 is 1.89 bits per heavy atom. The molecule has 0 aliphatic rings. The fourth-order valence-electron chi connectivity index (χ4n) is 3.06. The minimum atomic E-state index is -4.80. The van der Waals surface area contributed by atoms with Gasteiger partial charge in [-0.15, -0.1) is 13.2 Å². The second kappa shape index (κ2) is 6.68. The summed E-state index contributed by atoms with van der Waals surface area (Å²) in [6, 6.07) is 12.4. The summed E-state index contributed by atoms with van der Waals surface area (Å²) < 4.78 is 43.3. The van der Waals surface area contributed by atoms with Gasteiger partial charge in [0.2, 0.25) is 5.91 Å². The number of fused-ring (bicyclic) bond motifs is 1. The normalized spacial score (nSPS) is 11.4. The lowest BCUT2D eigenvalue weighted by atomic mass is 10.0. The fourth-order valence-corrected chi connectivity index (χ4v) is 3.06. The van der Waals surface area contributed by atoms with E-state index in [1.54, 1.807) is 16.7 Å². The van der Waals surface area contributed by atoms with Gasteiger partial charge in [-0.1, -0.05) is 12.1 Å². The molecule has 0 aliphatic carbocycles. The average Bonchev–Trinajstić information content (AvgIpc) is 2.93. The number of carbonyl (C=O) groups is 1. The third-order valence-electron chi connectivity index (χ3n) is 4.14. The molecule has 0 bridgehead atoms. The van der Waals surface area contributed by atoms with E-state index in [-0.39, 0.29) is 5.75 Å². The lowest BCUT2D eigenvalue weighted by molar-refractivity contribution is -0.274. The smallest absolute Gasteiger partial charge is 0.406 e. The summed E-state index contributed by atoms with van der Waals surface area (Å²) in [5.41, 5.74) is 7.53. The van der Waals surface area contributed by atoms with Crippen LogP contribution in [-0.4, -0.2) is 16.8 Å². The Balaban J connectivity index is 2.22. The fraction of sp³-hybridized carbons (Fsp3) is 0.158. The number of amides is 1. The van der Waals surface area contributed by atoms with E-state index in [2.05, 4.69) is 10.8 Å². The molecule has 2 aromatic carbocycles. The van der Waals surface area contributed by atoms with E-state index in [1.165, 1.54) is 30.3 Å². The van der Waals surface area contributed by atoms with E-state index in [1.807, 2.05) is 6.92 Å². The number of aromatic nitrogens is 1. The number of ether oxygens (including phenoxy) is 1. The number of nitriles is 1. The zero-order chi connectivity index (χ0) is 19.8. The first kappa shape index (κ1) is 18.3. The average molecular weight is 373 g/mol. The van der Waals surface area contributed by atoms with Gasteiger partial charge in [0.05, 0.1) is 16.8 Å². The van der Waals surface area contributed by atoms with Gasteiger partial charge in [-0.25, -0.2) is 0 Å². The van der Waals surface area contributed by atoms with Crippen LogP contribution in [-0.2, 0) is 6.54 Å². The topological polar surface area (TPSA) is 81.0 Å². The molecule has 2 N–H and O–H groups in total. The molecular weight excluding hydrogens is 359 g/mol. The number of rotatable bonds is 4. The summed E-state index contributed by atoms with van der Waals surface area (Å²) in [7, 11) is 0. The molecule has 0 unspecified atom stereocenters. The SMILES string of the molecule is CCn1c(-c2ccc(C(N)=O)cc2)c(C#N)c2ccc(OC(F)(F)F)cc21. The number of aryl methyl sites for hydroxylation is 1. The van der Waals surface area contributed by atoms with Gasteiger partial charge < -0.3 is 15.0 Å². The van der Waals surface area contributed by atoms with Gasteiger partial charge in [-0.2, -0.15) is 5.26 Å². The van der Waals surface area contributed by atoms with Crippen molar-refractivity contribution in [3.63, 3.8) is 0 Å². The Hall–Kier alpha value is -3.47. The number of hydrogen-bond donors (Lipinski definition) is 1. The van der Waals surface area contributed by atoms with E-state index >= 15 is 0 Å². The van der Waals surface area contributed by atoms with Crippen molar-refractivity contribution in [2.24, 2.45) is 5.73 Å². The van der Waals surface area contributed by atoms with E-state index in [9.17, 15) is 23.2 Å². The number of carbonyl (C=O) groups excluding carboxylic acids is 1. The lowest BCUT2D eigenvalue weighted by Gasteiger charge is -2.11. The van der Waals surface area contributed by atoms with Crippen molar-refractivity contribution in [1.82, 2.24) is 4.57 Å². The standard InChI is InChI=1S/C19H14F3N3O2/c1-2-25-16-9-13(27-19(20,21)22)7-8-14(16)15(10-23)17(25)11-3-5-12(6-4-11)18(24)26/h3-9H,2H2,1H3,(H2,24,26). The van der Waals surface area contributed by atoms with Crippen molar-refractivity contribution >= 4 is 16.8 Å². The number of nitrogens with two attached hydrogens (primary N) is 1. The Bertz CT molecular complexity index is 1060. The summed E-state index contributed by atoms with van der Waals surface area (Å²) >= 11 is 0. The van der Waals surface area contributed by atoms with Crippen molar-refractivity contribution < 1.29 is 22.7 Å². The minimum Gasteiger partial charge on any atom is -0.406 e. The van der Waals surface area contributed by atoms with Gasteiger partial charge in [-0.3, -0.25) is 4.79 Å². The molecule has 1 amide bonds. The summed E-state index contributed by atoms with van der Waals surface area (Å²) in [4.78, 5) is 11.2. The molecule has 0 radical (unpaired) electrons. The van der Waals surface area contributed by atoms with Gasteiger partial charge in [0.15, 0.2) is 0 Å². The zero-order valence-electron chi connectivity index (χ0n) is 14.2. The quantitative estimate of drug-likeness (QED) is 0.744. The molecule has 27 heavy (non-hydrogen) atoms. The summed E-state index contributed by atoms with van der Waals surface area (Å²) in [5.74, 6) is -0.936. The van der Waals surface area contributed by atoms with E-state index in [0.29, 0.717) is 39.8 Å². The maximum atomic E-state index is 12.5. The van der Waals surface area contributed by atoms with Crippen LogP contribution in [0.1, 0.15) is 22.8 Å². The van der Waals surface area contributed by atoms with Gasteiger partial charge >= 0.3 is 6.36 Å². The molecule has 138 valence electrons. The molecule has 0 atom stereocenters. The highest BCUT2D eigenvalue weighted by atomic mass is 19.4. The van der Waals surface area contributed by atoms with Crippen LogP contribution < -0.4 is 10.5 Å². The largest absolute Gasteiger partial charge is 0.573 e. The number of benzene rings is 2. The van der Waals surface area contributed by atoms with Crippen LogP contribution in [0.15, 0.2) is 42.5 Å².